The lowest BCUT2D eigenvalue weighted by Crippen LogP contribution is -2.36. The van der Waals surface area contributed by atoms with Gasteiger partial charge in [-0.3, -0.25) is 4.90 Å². The van der Waals surface area contributed by atoms with Crippen LogP contribution in [-0.4, -0.2) is 82.7 Å². The van der Waals surface area contributed by atoms with Crippen molar-refractivity contribution in [1.82, 2.24) is 5.32 Å². The van der Waals surface area contributed by atoms with Gasteiger partial charge >= 0.3 is 27.2 Å². The van der Waals surface area contributed by atoms with E-state index in [2.05, 4.69) is 5.32 Å². The Labute approximate surface area is 236 Å². The van der Waals surface area contributed by atoms with Crippen molar-refractivity contribution in [2.24, 2.45) is 0 Å². The van der Waals surface area contributed by atoms with Gasteiger partial charge in [-0.2, -0.15) is 4.89 Å². The van der Waals surface area contributed by atoms with E-state index in [1.165, 1.54) is 29.4 Å². The van der Waals surface area contributed by atoms with E-state index in [9.17, 15) is 28.4 Å². The fraction of sp³-hybridized carbons (Fsp3) is 0.417. The second-order valence-electron chi connectivity index (χ2n) is 9.23. The number of nitrogens with one attached hydrogen (secondary N) is 1. The van der Waals surface area contributed by atoms with Crippen LogP contribution in [-0.2, 0) is 20.5 Å². The van der Waals surface area contributed by atoms with Crippen LogP contribution in [0.5, 0.6) is 0 Å². The molecule has 0 aliphatic carbocycles. The third-order valence-electron chi connectivity index (χ3n) is 6.31. The summed E-state index contributed by atoms with van der Waals surface area (Å²) >= 11 is 6.69. The summed E-state index contributed by atoms with van der Waals surface area (Å²) < 4.78 is 37.5. The molecule has 0 bridgehead atoms. The number of anilines is 2. The van der Waals surface area contributed by atoms with Gasteiger partial charge in [-0.15, -0.1) is 0 Å². The van der Waals surface area contributed by atoms with Gasteiger partial charge in [-0.1, -0.05) is 36.1 Å². The molecule has 10 nitrogen and oxygen atoms in total. The van der Waals surface area contributed by atoms with Crippen molar-refractivity contribution < 1.29 is 37.9 Å². The van der Waals surface area contributed by atoms with Crippen LogP contribution in [0.4, 0.5) is 20.6 Å². The lowest BCUT2D eigenvalue weighted by molar-refractivity contribution is 0.122. The van der Waals surface area contributed by atoms with Crippen LogP contribution in [0, 0.1) is 5.82 Å². The second-order valence-corrected chi connectivity index (χ2v) is 15.2. The molecule has 2 fully saturated rings. The highest BCUT2D eigenvalue weighted by molar-refractivity contribution is 8.23. The molecule has 0 spiro atoms. The molecule has 15 heteroatoms. The number of thioether (sulfide) groups is 1. The number of thiocarbonyl (C=S) groups is 1. The number of hydrogen-bond donors (Lipinski definition) is 4. The van der Waals surface area contributed by atoms with Gasteiger partial charge in [0.05, 0.1) is 44.1 Å². The van der Waals surface area contributed by atoms with E-state index in [4.69, 9.17) is 21.7 Å². The Morgan fingerprint density at radius 3 is 2.56 bits per heavy atom. The van der Waals surface area contributed by atoms with Crippen LogP contribution >= 0.6 is 39.7 Å². The number of nitrogens with zero attached hydrogens (tertiary/aromatic N) is 2. The quantitative estimate of drug-likeness (QED) is 0.187. The number of cyclic esters (lactones) is 1. The molecule has 0 radical (unpaired) electrons. The third-order valence-corrected chi connectivity index (χ3v) is 11.5. The molecular weight excluding hydrogens is 587 g/mol. The zero-order valence-corrected chi connectivity index (χ0v) is 24.5. The molecule has 2 heterocycles. The molecule has 2 aliphatic heterocycles. The first-order valence-electron chi connectivity index (χ1n) is 12.1. The minimum absolute atomic E-state index is 0.0695. The van der Waals surface area contributed by atoms with Gasteiger partial charge in [0, 0.05) is 18.0 Å². The maximum Gasteiger partial charge on any atom is 0.555 e. The van der Waals surface area contributed by atoms with Crippen LogP contribution in [0.3, 0.4) is 0 Å². The van der Waals surface area contributed by atoms with Crippen LogP contribution in [0.15, 0.2) is 47.4 Å². The van der Waals surface area contributed by atoms with Crippen LogP contribution in [0.25, 0.3) is 0 Å². The minimum Gasteiger partial charge on any atom is -0.442 e. The maximum atomic E-state index is 14.8. The fourth-order valence-corrected chi connectivity index (χ4v) is 7.68. The first-order valence-corrected chi connectivity index (χ1v) is 16.8. The molecule has 1 amide bonds. The molecule has 3 atom stereocenters. The molecule has 2 aromatic rings. The van der Waals surface area contributed by atoms with Crippen LogP contribution in [0.1, 0.15) is 5.56 Å². The van der Waals surface area contributed by atoms with Crippen molar-refractivity contribution in [2.45, 2.75) is 22.8 Å². The normalized spacial score (nSPS) is 19.1. The Hall–Kier alpha value is -1.95. The topological polar surface area (TPSA) is 132 Å². The Kier molecular flexibility index (Phi) is 10.1. The summed E-state index contributed by atoms with van der Waals surface area (Å²) in [6.45, 7) is 4.03. The second kappa shape index (κ2) is 13.1. The minimum atomic E-state index is -3.47. The number of carbonyl (C=O) groups excluding carboxylic acids is 1. The molecule has 0 aromatic heterocycles. The van der Waals surface area contributed by atoms with Gasteiger partial charge in [0.1, 0.15) is 22.9 Å². The Bertz CT molecular complexity index is 1210. The lowest BCUT2D eigenvalue weighted by atomic mass is 10.2. The Morgan fingerprint density at radius 1 is 1.26 bits per heavy atom. The smallest absolute Gasteiger partial charge is 0.442 e. The summed E-state index contributed by atoms with van der Waals surface area (Å²) in [5.74, 6) is -0.406. The van der Waals surface area contributed by atoms with E-state index >= 15 is 0 Å². The molecule has 39 heavy (non-hydrogen) atoms. The van der Waals surface area contributed by atoms with Crippen molar-refractivity contribution in [3.8, 4) is 0 Å². The van der Waals surface area contributed by atoms with E-state index in [1.54, 1.807) is 36.4 Å². The summed E-state index contributed by atoms with van der Waals surface area (Å²) in [7, 11) is -6.21. The summed E-state index contributed by atoms with van der Waals surface area (Å²) in [6, 6.07) is 11.8. The largest absolute Gasteiger partial charge is 0.555 e. The van der Waals surface area contributed by atoms with E-state index in [1.807, 2.05) is 4.90 Å². The standard InChI is InChI=1S/C24H28FN3O7P2S2/c1-37(32,33)22(36(30)31)12-16-2-5-19(6-3-16)39-23(38)26-14-18-15-28(24(29)35-18)17-4-7-21(20(25)13-17)27-8-10-34-11-9-27/h2-7,13,18,22,32-33H,8-12,14-15H2,1H3/p+2/t18-,22?/m0/s1. The number of morpholine rings is 1. The van der Waals surface area contributed by atoms with E-state index in [0.29, 0.717) is 47.6 Å². The third kappa shape index (κ3) is 8.05. The highest BCUT2D eigenvalue weighted by Crippen LogP contribution is 2.60. The van der Waals surface area contributed by atoms with Crippen molar-refractivity contribution in [2.75, 3.05) is 55.9 Å². The number of amides is 1. The molecule has 2 aromatic carbocycles. The molecule has 2 aliphatic rings. The Morgan fingerprint density at radius 2 is 1.95 bits per heavy atom. The van der Waals surface area contributed by atoms with Gasteiger partial charge in [0.25, 0.3) is 0 Å². The molecule has 2 saturated heterocycles. The van der Waals surface area contributed by atoms with Crippen molar-refractivity contribution in [3.05, 3.63) is 53.8 Å². The lowest BCUT2D eigenvalue weighted by Gasteiger charge is -2.29. The first-order chi connectivity index (χ1) is 18.5. The predicted molar refractivity (Wildman–Crippen MR) is 155 cm³/mol. The maximum absolute atomic E-state index is 14.8. The van der Waals surface area contributed by atoms with Gasteiger partial charge in [-0.25, -0.2) is 19.0 Å². The van der Waals surface area contributed by atoms with Crippen molar-refractivity contribution in [3.63, 3.8) is 0 Å². The van der Waals surface area contributed by atoms with Crippen LogP contribution < -0.4 is 15.1 Å². The molecule has 210 valence electrons. The zero-order valence-electron chi connectivity index (χ0n) is 21.1. The van der Waals surface area contributed by atoms with Gasteiger partial charge in [-0.05, 0) is 40.5 Å². The number of hydrogen-bond acceptors (Lipinski definition) is 9. The molecule has 0 saturated carbocycles. The number of carbonyl (C=O) groups is 1. The van der Waals surface area contributed by atoms with Gasteiger partial charge < -0.3 is 19.7 Å². The van der Waals surface area contributed by atoms with Gasteiger partial charge in [0.2, 0.25) is 0 Å². The number of benzene rings is 2. The fourth-order valence-electron chi connectivity index (χ4n) is 4.25. The van der Waals surface area contributed by atoms with E-state index in [0.717, 1.165) is 4.90 Å². The number of rotatable bonds is 9. The summed E-state index contributed by atoms with van der Waals surface area (Å²) in [5, 5.41) is 1.97. The SMILES string of the molecule is C[P+](O)(O)C(Cc1ccc(SC(=S)NC[C@H]2CN(c3ccc(N4CCOCC4)c(F)c3)C(=O)O2)cc1)[P+](=O)O. The number of ether oxygens (including phenoxy) is 2. The van der Waals surface area contributed by atoms with Crippen molar-refractivity contribution >= 4 is 61.5 Å². The summed E-state index contributed by atoms with van der Waals surface area (Å²) in [5.41, 5.74) is 1.60. The molecule has 4 N–H and O–H groups in total. The average molecular weight is 618 g/mol. The van der Waals surface area contributed by atoms with E-state index < -0.39 is 39.2 Å². The molecule has 2 unspecified atom stereocenters. The van der Waals surface area contributed by atoms with Crippen LogP contribution in [0.2, 0.25) is 0 Å². The highest BCUT2D eigenvalue weighted by atomic mass is 32.2. The summed E-state index contributed by atoms with van der Waals surface area (Å²) in [6.07, 6.45) is -0.964. The number of halogens is 1. The molecular formula is C24H30FN3O7P2S2+2. The first kappa shape index (κ1) is 30.0. The highest BCUT2D eigenvalue weighted by Gasteiger charge is 2.53. The van der Waals surface area contributed by atoms with Gasteiger partial charge in [0.15, 0.2) is 0 Å². The predicted octanol–water partition coefficient (Wildman–Crippen LogP) is 3.72. The van der Waals surface area contributed by atoms with Crippen molar-refractivity contribution in [1.29, 1.82) is 0 Å². The summed E-state index contributed by atoms with van der Waals surface area (Å²) in [4.78, 5) is 45.7. The zero-order chi connectivity index (χ0) is 28.2. The Balaban J connectivity index is 1.27. The molecule has 4 rings (SSSR count). The monoisotopic (exact) mass is 617 g/mol. The van der Waals surface area contributed by atoms with E-state index in [-0.39, 0.29) is 19.5 Å². The average Bonchev–Trinajstić information content (AvgIpc) is 3.27.